The van der Waals surface area contributed by atoms with Crippen LogP contribution in [0, 0.1) is 5.92 Å². The van der Waals surface area contributed by atoms with Gasteiger partial charge < -0.3 is 4.42 Å². The molecular formula is C53H35N3O. The topological polar surface area (TPSA) is 51.8 Å². The third kappa shape index (κ3) is 5.82. The maximum atomic E-state index is 6.86. The van der Waals surface area contributed by atoms with Crippen molar-refractivity contribution in [1.29, 1.82) is 0 Å². The fourth-order valence-corrected chi connectivity index (χ4v) is 8.49. The molecule has 11 rings (SSSR count). The lowest BCUT2D eigenvalue weighted by Crippen LogP contribution is -2.10. The SMILES string of the molecule is C1=CC2CC=C(c3nc(-c4ccccc4)nc(-c4cccc5oc6c(-c7ccc(-c8ccccc8)cc7-c7ccccc7)cccc6c45)n3)C=C2c2ccccc21. The van der Waals surface area contributed by atoms with E-state index in [0.717, 1.165) is 67.3 Å². The summed E-state index contributed by atoms with van der Waals surface area (Å²) in [6, 6.07) is 59.3. The minimum absolute atomic E-state index is 0.329. The largest absolute Gasteiger partial charge is 0.455 e. The summed E-state index contributed by atoms with van der Waals surface area (Å²) in [7, 11) is 0. The minimum Gasteiger partial charge on any atom is -0.455 e. The van der Waals surface area contributed by atoms with E-state index in [1.165, 1.54) is 27.8 Å². The number of aromatic nitrogens is 3. The maximum Gasteiger partial charge on any atom is 0.164 e. The van der Waals surface area contributed by atoms with E-state index in [2.05, 4.69) is 164 Å². The summed E-state index contributed by atoms with van der Waals surface area (Å²) in [4.78, 5) is 15.6. The van der Waals surface area contributed by atoms with Crippen LogP contribution in [0.2, 0.25) is 0 Å². The van der Waals surface area contributed by atoms with Gasteiger partial charge in [0.25, 0.3) is 0 Å². The maximum absolute atomic E-state index is 6.86. The molecule has 57 heavy (non-hydrogen) atoms. The molecular weight excluding hydrogens is 695 g/mol. The van der Waals surface area contributed by atoms with Crippen molar-refractivity contribution >= 4 is 39.2 Å². The van der Waals surface area contributed by atoms with Crippen LogP contribution in [0.5, 0.6) is 0 Å². The Hall–Kier alpha value is -7.43. The lowest BCUT2D eigenvalue weighted by atomic mass is 9.79. The molecule has 0 N–H and O–H groups in total. The zero-order valence-electron chi connectivity index (χ0n) is 31.0. The van der Waals surface area contributed by atoms with Crippen LogP contribution in [0.3, 0.4) is 0 Å². The van der Waals surface area contributed by atoms with Crippen molar-refractivity contribution < 1.29 is 4.42 Å². The van der Waals surface area contributed by atoms with Gasteiger partial charge in [-0.25, -0.2) is 15.0 Å². The Balaban J connectivity index is 1.09. The van der Waals surface area contributed by atoms with Gasteiger partial charge in [0, 0.05) is 39.0 Å². The molecule has 0 radical (unpaired) electrons. The first kappa shape index (κ1) is 33.0. The highest BCUT2D eigenvalue weighted by molar-refractivity contribution is 6.15. The molecule has 1 atom stereocenters. The number of nitrogens with zero attached hydrogens (tertiary/aromatic N) is 3. The fraction of sp³-hybridized carbons (Fsp3) is 0.0377. The second-order valence-corrected chi connectivity index (χ2v) is 14.7. The number of furan rings is 1. The van der Waals surface area contributed by atoms with Gasteiger partial charge in [-0.1, -0.05) is 176 Å². The second kappa shape index (κ2) is 13.7. The van der Waals surface area contributed by atoms with E-state index in [-0.39, 0.29) is 0 Å². The molecule has 2 aliphatic carbocycles. The molecule has 2 heterocycles. The lowest BCUT2D eigenvalue weighted by Gasteiger charge is -2.26. The highest BCUT2D eigenvalue weighted by Crippen LogP contribution is 2.44. The summed E-state index contributed by atoms with van der Waals surface area (Å²) < 4.78 is 6.86. The van der Waals surface area contributed by atoms with Gasteiger partial charge in [-0.15, -0.1) is 0 Å². The lowest BCUT2D eigenvalue weighted by molar-refractivity contribution is 0.670. The van der Waals surface area contributed by atoms with Crippen LogP contribution in [0.4, 0.5) is 0 Å². The molecule has 0 saturated carbocycles. The number of hydrogen-bond donors (Lipinski definition) is 0. The molecule has 4 heteroatoms. The van der Waals surface area contributed by atoms with Crippen LogP contribution in [-0.2, 0) is 0 Å². The minimum atomic E-state index is 0.329. The Kier molecular flexibility index (Phi) is 7.92. The zero-order valence-corrected chi connectivity index (χ0v) is 31.0. The van der Waals surface area contributed by atoms with Crippen molar-refractivity contribution in [3.63, 3.8) is 0 Å². The van der Waals surface area contributed by atoms with Crippen LogP contribution in [-0.4, -0.2) is 15.0 Å². The fourth-order valence-electron chi connectivity index (χ4n) is 8.49. The third-order valence-corrected chi connectivity index (χ3v) is 11.3. The zero-order chi connectivity index (χ0) is 37.7. The Morgan fingerprint density at radius 2 is 1.14 bits per heavy atom. The molecule has 1 unspecified atom stereocenters. The molecule has 0 spiro atoms. The van der Waals surface area contributed by atoms with Gasteiger partial charge in [0.15, 0.2) is 17.5 Å². The number of benzene rings is 7. The highest BCUT2D eigenvalue weighted by Gasteiger charge is 2.25. The van der Waals surface area contributed by atoms with Gasteiger partial charge in [0.1, 0.15) is 11.2 Å². The molecule has 7 aromatic carbocycles. The van der Waals surface area contributed by atoms with Crippen molar-refractivity contribution in [2.24, 2.45) is 5.92 Å². The number of allylic oxidation sites excluding steroid dienone is 5. The quantitative estimate of drug-likeness (QED) is 0.171. The monoisotopic (exact) mass is 729 g/mol. The summed E-state index contributed by atoms with van der Waals surface area (Å²) >= 11 is 0. The van der Waals surface area contributed by atoms with Gasteiger partial charge >= 0.3 is 0 Å². The van der Waals surface area contributed by atoms with Gasteiger partial charge in [-0.3, -0.25) is 0 Å². The van der Waals surface area contributed by atoms with Gasteiger partial charge in [0.2, 0.25) is 0 Å². The molecule has 2 aliphatic rings. The van der Waals surface area contributed by atoms with Crippen LogP contribution in [0.25, 0.3) is 95.3 Å². The Bertz CT molecular complexity index is 3080. The van der Waals surface area contributed by atoms with E-state index in [9.17, 15) is 0 Å². The first-order valence-corrected chi connectivity index (χ1v) is 19.5. The molecule has 0 fully saturated rings. The standard InChI is InChI=1S/C53H35N3O/c1-4-14-34(15-5-1)39-30-31-42(47(32-39)35-16-6-2-7-17-35)43-22-12-23-44-49-45(24-13-25-48(49)57-50(43)44)53-55-51(38-19-8-3-9-20-38)54-52(56-53)40-29-28-37-27-26-36-18-10-11-21-41(36)46(37)33-40/h1-27,29-33,37H,28H2. The molecule has 4 nitrogen and oxygen atoms in total. The number of hydrogen-bond acceptors (Lipinski definition) is 4. The van der Waals surface area contributed by atoms with E-state index >= 15 is 0 Å². The Labute approximate surface area is 330 Å². The van der Waals surface area contributed by atoms with Crippen LogP contribution < -0.4 is 0 Å². The van der Waals surface area contributed by atoms with E-state index in [0.29, 0.717) is 23.4 Å². The van der Waals surface area contributed by atoms with Gasteiger partial charge in [0.05, 0.1) is 0 Å². The van der Waals surface area contributed by atoms with Crippen molar-refractivity contribution in [2.75, 3.05) is 0 Å². The molecule has 0 bridgehead atoms. The molecule has 2 aromatic heterocycles. The molecule has 0 amide bonds. The summed E-state index contributed by atoms with van der Waals surface area (Å²) in [5.41, 5.74) is 15.1. The third-order valence-electron chi connectivity index (χ3n) is 11.3. The summed E-state index contributed by atoms with van der Waals surface area (Å²) in [5.74, 6) is 2.24. The van der Waals surface area contributed by atoms with Gasteiger partial charge in [-0.05, 0) is 69.1 Å². The van der Waals surface area contributed by atoms with Crippen molar-refractivity contribution in [2.45, 2.75) is 6.42 Å². The highest BCUT2D eigenvalue weighted by atomic mass is 16.3. The predicted octanol–water partition coefficient (Wildman–Crippen LogP) is 13.6. The van der Waals surface area contributed by atoms with Crippen molar-refractivity contribution in [1.82, 2.24) is 15.0 Å². The first-order chi connectivity index (χ1) is 28.2. The smallest absolute Gasteiger partial charge is 0.164 e. The average molecular weight is 730 g/mol. The molecule has 0 aliphatic heterocycles. The van der Waals surface area contributed by atoms with Crippen molar-refractivity contribution in [3.8, 4) is 56.2 Å². The predicted molar refractivity (Wildman–Crippen MR) is 234 cm³/mol. The van der Waals surface area contributed by atoms with Crippen LogP contribution in [0.1, 0.15) is 23.4 Å². The molecule has 0 saturated heterocycles. The number of fused-ring (bicyclic) bond motifs is 6. The van der Waals surface area contributed by atoms with Crippen molar-refractivity contribution in [3.05, 3.63) is 205 Å². The van der Waals surface area contributed by atoms with E-state index in [1.54, 1.807) is 0 Å². The van der Waals surface area contributed by atoms with Crippen LogP contribution >= 0.6 is 0 Å². The van der Waals surface area contributed by atoms with E-state index in [1.807, 2.05) is 30.3 Å². The Morgan fingerprint density at radius 1 is 0.474 bits per heavy atom. The average Bonchev–Trinajstić information content (AvgIpc) is 3.69. The summed E-state index contributed by atoms with van der Waals surface area (Å²) in [6.07, 6.45) is 9.99. The van der Waals surface area contributed by atoms with E-state index < -0.39 is 0 Å². The van der Waals surface area contributed by atoms with E-state index in [4.69, 9.17) is 19.4 Å². The first-order valence-electron chi connectivity index (χ1n) is 19.5. The number of rotatable bonds is 6. The van der Waals surface area contributed by atoms with Crippen LogP contribution in [0.15, 0.2) is 193 Å². The van der Waals surface area contributed by atoms with Gasteiger partial charge in [-0.2, -0.15) is 0 Å². The second-order valence-electron chi connectivity index (χ2n) is 14.7. The molecule has 268 valence electrons. The normalized spacial score (nSPS) is 14.6. The molecule has 9 aromatic rings. The summed E-state index contributed by atoms with van der Waals surface area (Å²) in [5, 5.41) is 2.00. The Morgan fingerprint density at radius 3 is 1.96 bits per heavy atom. The number of para-hydroxylation sites is 1. The summed E-state index contributed by atoms with van der Waals surface area (Å²) in [6.45, 7) is 0.